The first-order valence-electron chi connectivity index (χ1n) is 4.91. The van der Waals surface area contributed by atoms with Crippen LogP contribution in [0.4, 0.5) is 0 Å². The molecule has 1 nitrogen and oxygen atoms in total. The maximum absolute atomic E-state index is 2.75. The van der Waals surface area contributed by atoms with E-state index in [1.807, 2.05) is 14.1 Å². The van der Waals surface area contributed by atoms with Crippen LogP contribution >= 0.6 is 0 Å². The van der Waals surface area contributed by atoms with Crippen molar-refractivity contribution in [2.45, 2.75) is 44.9 Å². The van der Waals surface area contributed by atoms with E-state index in [0.29, 0.717) is 0 Å². The van der Waals surface area contributed by atoms with Gasteiger partial charge in [-0.1, -0.05) is 19.3 Å². The first-order chi connectivity index (χ1) is 5.33. The topological polar surface area (TPSA) is 12.0 Å². The summed E-state index contributed by atoms with van der Waals surface area (Å²) < 4.78 is 0. The Labute approximate surface area is 70.6 Å². The fourth-order valence-corrected chi connectivity index (χ4v) is 1.98. The predicted octanol–water partition coefficient (Wildman–Crippen LogP) is 2.57. The molecular formula is C10H21N. The van der Waals surface area contributed by atoms with Gasteiger partial charge >= 0.3 is 0 Å². The quantitative estimate of drug-likeness (QED) is 0.567. The Bertz CT molecular complexity index is 97.4. The van der Waals surface area contributed by atoms with E-state index in [-0.39, 0.29) is 0 Å². The lowest BCUT2D eigenvalue weighted by atomic mass is 9.87. The average Bonchev–Trinajstić information content (AvgIpc) is 2.73. The van der Waals surface area contributed by atoms with Gasteiger partial charge in [-0.2, -0.15) is 0 Å². The van der Waals surface area contributed by atoms with Gasteiger partial charge in [0.05, 0.1) is 0 Å². The van der Waals surface area contributed by atoms with Crippen molar-refractivity contribution in [3.63, 3.8) is 0 Å². The Kier molecular flexibility index (Phi) is 3.38. The lowest BCUT2D eigenvalue weighted by Crippen LogP contribution is -2.05. The minimum Gasteiger partial charge on any atom is -0.323 e. The van der Waals surface area contributed by atoms with Crippen LogP contribution in [0.15, 0.2) is 0 Å². The van der Waals surface area contributed by atoms with E-state index in [4.69, 9.17) is 0 Å². The Morgan fingerprint density at radius 2 is 1.27 bits per heavy atom. The molecule has 0 atom stereocenters. The molecule has 1 heteroatoms. The van der Waals surface area contributed by atoms with Crippen LogP contribution in [0.1, 0.15) is 44.9 Å². The normalized spacial score (nSPS) is 25.6. The minimum absolute atomic E-state index is 0.929. The van der Waals surface area contributed by atoms with Gasteiger partial charge in [-0.05, 0) is 45.2 Å². The molecule has 2 saturated carbocycles. The summed E-state index contributed by atoms with van der Waals surface area (Å²) in [4.78, 5) is 0. The molecule has 0 aromatic rings. The monoisotopic (exact) mass is 155 g/mol. The highest BCUT2D eigenvalue weighted by Crippen LogP contribution is 2.55. The average molecular weight is 155 g/mol. The van der Waals surface area contributed by atoms with Crippen LogP contribution < -0.4 is 5.32 Å². The summed E-state index contributed by atoms with van der Waals surface area (Å²) in [5.41, 5.74) is 0.929. The van der Waals surface area contributed by atoms with Gasteiger partial charge in [-0.25, -0.2) is 0 Å². The van der Waals surface area contributed by atoms with Crippen molar-refractivity contribution in [3.05, 3.63) is 0 Å². The molecule has 2 fully saturated rings. The molecule has 2 aliphatic carbocycles. The minimum atomic E-state index is 0.929. The second kappa shape index (κ2) is 4.10. The molecule has 0 aliphatic heterocycles. The van der Waals surface area contributed by atoms with Crippen molar-refractivity contribution < 1.29 is 0 Å². The van der Waals surface area contributed by atoms with E-state index in [0.717, 1.165) is 5.41 Å². The Hall–Kier alpha value is -0.0400. The van der Waals surface area contributed by atoms with Crippen molar-refractivity contribution in [2.24, 2.45) is 5.41 Å². The van der Waals surface area contributed by atoms with E-state index in [2.05, 4.69) is 5.32 Å². The molecule has 11 heavy (non-hydrogen) atoms. The molecule has 2 rings (SSSR count). The van der Waals surface area contributed by atoms with Gasteiger partial charge in [-0.3, -0.25) is 0 Å². The standard InChI is InChI=1S/C8H14.C2H7N/c1-2-4-8(5-3-1)6-7-8;1-3-2/h1-7H2;3H,1-2H3. The summed E-state index contributed by atoms with van der Waals surface area (Å²) in [7, 11) is 3.75. The lowest BCUT2D eigenvalue weighted by Gasteiger charge is -2.19. The molecule has 66 valence electrons. The highest BCUT2D eigenvalue weighted by molar-refractivity contribution is 4.94. The lowest BCUT2D eigenvalue weighted by molar-refractivity contribution is 0.337. The van der Waals surface area contributed by atoms with Crippen molar-refractivity contribution >= 4 is 0 Å². The second-order valence-corrected chi connectivity index (χ2v) is 4.06. The molecule has 0 heterocycles. The van der Waals surface area contributed by atoms with Crippen molar-refractivity contribution in [3.8, 4) is 0 Å². The van der Waals surface area contributed by atoms with Crippen LogP contribution in [0.25, 0.3) is 0 Å². The third-order valence-electron chi connectivity index (χ3n) is 2.87. The molecule has 0 amide bonds. The largest absolute Gasteiger partial charge is 0.323 e. The predicted molar refractivity (Wildman–Crippen MR) is 49.7 cm³/mol. The van der Waals surface area contributed by atoms with Crippen LogP contribution in [0, 0.1) is 5.41 Å². The third kappa shape index (κ3) is 2.82. The molecule has 1 N–H and O–H groups in total. The summed E-state index contributed by atoms with van der Waals surface area (Å²) in [6.45, 7) is 0. The van der Waals surface area contributed by atoms with Gasteiger partial charge in [0.1, 0.15) is 0 Å². The molecular weight excluding hydrogens is 134 g/mol. The highest BCUT2D eigenvalue weighted by Gasteiger charge is 2.42. The summed E-state index contributed by atoms with van der Waals surface area (Å²) in [5, 5.41) is 2.75. The summed E-state index contributed by atoms with van der Waals surface area (Å²) in [6, 6.07) is 0. The fourth-order valence-electron chi connectivity index (χ4n) is 1.98. The van der Waals surface area contributed by atoms with Crippen molar-refractivity contribution in [2.75, 3.05) is 14.1 Å². The van der Waals surface area contributed by atoms with Crippen molar-refractivity contribution in [1.29, 1.82) is 0 Å². The zero-order valence-electron chi connectivity index (χ0n) is 7.95. The smallest absolute Gasteiger partial charge is 0.0167 e. The summed E-state index contributed by atoms with van der Waals surface area (Å²) >= 11 is 0. The summed E-state index contributed by atoms with van der Waals surface area (Å²) in [6.07, 6.45) is 10.8. The number of rotatable bonds is 0. The fraction of sp³-hybridized carbons (Fsp3) is 1.00. The molecule has 2 aliphatic rings. The van der Waals surface area contributed by atoms with Crippen molar-refractivity contribution in [1.82, 2.24) is 5.32 Å². The van der Waals surface area contributed by atoms with Crippen LogP contribution in [0.3, 0.4) is 0 Å². The van der Waals surface area contributed by atoms with Crippen LogP contribution in [0.2, 0.25) is 0 Å². The molecule has 1 spiro atoms. The molecule has 0 bridgehead atoms. The van der Waals surface area contributed by atoms with Crippen LogP contribution in [0.5, 0.6) is 0 Å². The molecule has 0 aromatic heterocycles. The highest BCUT2D eigenvalue weighted by atomic mass is 14.7. The van der Waals surface area contributed by atoms with Crippen LogP contribution in [-0.2, 0) is 0 Å². The van der Waals surface area contributed by atoms with E-state index in [9.17, 15) is 0 Å². The first-order valence-corrected chi connectivity index (χ1v) is 4.91. The van der Waals surface area contributed by atoms with E-state index in [1.165, 1.54) is 19.3 Å². The number of hydrogen-bond acceptors (Lipinski definition) is 1. The van der Waals surface area contributed by atoms with E-state index in [1.54, 1.807) is 25.7 Å². The Balaban J connectivity index is 0.000000179. The van der Waals surface area contributed by atoms with Crippen LogP contribution in [-0.4, -0.2) is 14.1 Å². The zero-order valence-corrected chi connectivity index (χ0v) is 7.95. The summed E-state index contributed by atoms with van der Waals surface area (Å²) in [5.74, 6) is 0. The first kappa shape index (κ1) is 9.05. The molecule has 0 saturated heterocycles. The van der Waals surface area contributed by atoms with E-state index >= 15 is 0 Å². The van der Waals surface area contributed by atoms with Gasteiger partial charge in [0.2, 0.25) is 0 Å². The molecule has 0 unspecified atom stereocenters. The SMILES string of the molecule is C1CCC2(CC1)CC2.CNC. The number of nitrogens with one attached hydrogen (secondary N) is 1. The van der Waals surface area contributed by atoms with E-state index < -0.39 is 0 Å². The second-order valence-electron chi connectivity index (χ2n) is 4.06. The van der Waals surface area contributed by atoms with Gasteiger partial charge in [-0.15, -0.1) is 0 Å². The Morgan fingerprint density at radius 1 is 0.818 bits per heavy atom. The number of hydrogen-bond donors (Lipinski definition) is 1. The van der Waals surface area contributed by atoms with Gasteiger partial charge in [0.25, 0.3) is 0 Å². The van der Waals surface area contributed by atoms with Gasteiger partial charge in [0, 0.05) is 0 Å². The maximum atomic E-state index is 2.75. The molecule has 0 radical (unpaired) electrons. The van der Waals surface area contributed by atoms with Gasteiger partial charge < -0.3 is 5.32 Å². The molecule has 0 aromatic carbocycles. The third-order valence-corrected chi connectivity index (χ3v) is 2.87. The Morgan fingerprint density at radius 3 is 1.55 bits per heavy atom. The zero-order chi connectivity index (χ0) is 8.16. The van der Waals surface area contributed by atoms with Gasteiger partial charge in [0.15, 0.2) is 0 Å². The maximum Gasteiger partial charge on any atom is -0.0167 e.